The Kier molecular flexibility index (Phi) is 7.90. The lowest BCUT2D eigenvalue weighted by atomic mass is 9.60. The number of hydrogen-bond acceptors (Lipinski definition) is 6. The van der Waals surface area contributed by atoms with Crippen LogP contribution in [0.15, 0.2) is 65.6 Å². The SMILES string of the molecule is C=S(=O)(c1cn(C)nn1)N(CC(F)(F)F)[C@H]1CCC2=Cc3c(cnn3-c3ccc(F)cc3)C[C@]2(C(=O)c2cc(C(F)(F)F)ccn2)C1. The summed E-state index contributed by atoms with van der Waals surface area (Å²) >= 11 is 0. The number of carbonyl (C=O) groups excluding carboxylic acids is 1. The Morgan fingerprint density at radius 3 is 2.51 bits per heavy atom. The number of benzene rings is 1. The molecule has 2 aliphatic rings. The van der Waals surface area contributed by atoms with E-state index in [2.05, 4.69) is 26.3 Å². The van der Waals surface area contributed by atoms with E-state index in [0.717, 1.165) is 6.20 Å². The van der Waals surface area contributed by atoms with E-state index in [1.807, 2.05) is 0 Å². The maximum Gasteiger partial charge on any atom is 0.416 e. The molecule has 47 heavy (non-hydrogen) atoms. The van der Waals surface area contributed by atoms with Crippen LogP contribution >= 0.6 is 0 Å². The number of pyridine rings is 1. The van der Waals surface area contributed by atoms with Crippen LogP contribution in [0, 0.1) is 11.2 Å². The number of allylic oxidation sites excluding steroid dienone is 1. The summed E-state index contributed by atoms with van der Waals surface area (Å²) in [5, 5.41) is 11.5. The molecule has 248 valence electrons. The van der Waals surface area contributed by atoms with Gasteiger partial charge >= 0.3 is 12.4 Å². The fourth-order valence-electron chi connectivity index (χ4n) is 6.34. The minimum Gasteiger partial charge on any atom is -0.291 e. The number of rotatable bonds is 7. The standard InChI is InChI=1S/C30H26F7N7O2S/c1-42-16-26(40-41-42)47(2,46)43(17-29(32,33)34)23-6-3-19-12-25-18(15-39-44(25)22-7-4-21(31)5-8-22)13-28(19,14-23)27(45)24-11-20(9-10-38-24)30(35,36)37/h4-5,7-12,15-16,23H,2-3,6,13-14,17H2,1H3/t23-,28-,47?/m0/s1. The van der Waals surface area contributed by atoms with Crippen LogP contribution in [0.2, 0.25) is 0 Å². The van der Waals surface area contributed by atoms with Crippen LogP contribution in [0.1, 0.15) is 46.6 Å². The van der Waals surface area contributed by atoms with Gasteiger partial charge in [0, 0.05) is 19.3 Å². The summed E-state index contributed by atoms with van der Waals surface area (Å²) in [5.41, 5.74) is -1.37. The van der Waals surface area contributed by atoms with Crippen molar-refractivity contribution in [3.8, 4) is 5.69 Å². The van der Waals surface area contributed by atoms with Crippen molar-refractivity contribution in [2.45, 2.75) is 49.1 Å². The van der Waals surface area contributed by atoms with Gasteiger partial charge in [0.2, 0.25) is 0 Å². The maximum atomic E-state index is 14.4. The van der Waals surface area contributed by atoms with Gasteiger partial charge in [-0.05, 0) is 79.6 Å². The molecule has 0 N–H and O–H groups in total. The fraction of sp³-hybridized carbons (Fsp3) is 0.333. The summed E-state index contributed by atoms with van der Waals surface area (Å²) in [4.78, 5) is 18.4. The lowest BCUT2D eigenvalue weighted by Gasteiger charge is -2.47. The van der Waals surface area contributed by atoms with Crippen molar-refractivity contribution in [1.29, 1.82) is 0 Å². The third-order valence-electron chi connectivity index (χ3n) is 8.49. The zero-order chi connectivity index (χ0) is 33.9. The largest absolute Gasteiger partial charge is 0.416 e. The fourth-order valence-corrected chi connectivity index (χ4v) is 8.07. The van der Waals surface area contributed by atoms with Crippen LogP contribution in [0.5, 0.6) is 0 Å². The summed E-state index contributed by atoms with van der Waals surface area (Å²) in [6, 6.07) is 5.61. The van der Waals surface area contributed by atoms with Crippen LogP contribution in [-0.4, -0.2) is 68.7 Å². The lowest BCUT2D eigenvalue weighted by Crippen LogP contribution is -2.52. The van der Waals surface area contributed by atoms with Crippen molar-refractivity contribution < 1.29 is 39.7 Å². The number of aromatic nitrogens is 6. The monoisotopic (exact) mass is 681 g/mol. The molecular weight excluding hydrogens is 655 g/mol. The highest BCUT2D eigenvalue weighted by atomic mass is 32.2. The number of carbonyl (C=O) groups is 1. The van der Waals surface area contributed by atoms with Crippen molar-refractivity contribution in [2.24, 2.45) is 12.5 Å². The molecule has 3 heterocycles. The van der Waals surface area contributed by atoms with Gasteiger partial charge in [0.1, 0.15) is 18.1 Å². The molecule has 6 rings (SSSR count). The second-order valence-electron chi connectivity index (χ2n) is 11.6. The van der Waals surface area contributed by atoms with Crippen LogP contribution in [0.3, 0.4) is 0 Å². The molecule has 1 fully saturated rings. The van der Waals surface area contributed by atoms with E-state index in [1.54, 1.807) is 6.08 Å². The van der Waals surface area contributed by atoms with Gasteiger partial charge in [-0.2, -0.15) is 31.4 Å². The Bertz CT molecular complexity index is 1980. The molecule has 3 atom stereocenters. The summed E-state index contributed by atoms with van der Waals surface area (Å²) in [6.07, 6.45) is -4.97. The summed E-state index contributed by atoms with van der Waals surface area (Å²) in [7, 11) is -2.47. The smallest absolute Gasteiger partial charge is 0.291 e. The minimum absolute atomic E-state index is 0.000245. The van der Waals surface area contributed by atoms with E-state index in [9.17, 15) is 39.7 Å². The van der Waals surface area contributed by atoms with E-state index in [0.29, 0.717) is 39.0 Å². The molecule has 3 aromatic heterocycles. The molecular formula is C30H26F7N7O2S. The van der Waals surface area contributed by atoms with Crippen LogP contribution < -0.4 is 0 Å². The summed E-state index contributed by atoms with van der Waals surface area (Å²) in [5.74, 6) is 2.31. The van der Waals surface area contributed by atoms with E-state index in [-0.39, 0.29) is 30.7 Å². The van der Waals surface area contributed by atoms with E-state index in [4.69, 9.17) is 0 Å². The Morgan fingerprint density at radius 2 is 1.87 bits per heavy atom. The topological polar surface area (TPSA) is 98.8 Å². The van der Waals surface area contributed by atoms with Crippen LogP contribution in [0.4, 0.5) is 30.7 Å². The number of Topliss-reactive ketones (excluding diaryl/α,β-unsaturated/α-hetero) is 1. The maximum absolute atomic E-state index is 14.4. The predicted octanol–water partition coefficient (Wildman–Crippen LogP) is 5.47. The molecule has 0 saturated heterocycles. The Morgan fingerprint density at radius 1 is 1.15 bits per heavy atom. The Hall–Kier alpha value is -4.38. The normalized spacial score (nSPS) is 21.1. The van der Waals surface area contributed by atoms with Crippen molar-refractivity contribution in [3.63, 3.8) is 0 Å². The van der Waals surface area contributed by atoms with Gasteiger partial charge in [-0.1, -0.05) is 10.8 Å². The van der Waals surface area contributed by atoms with Crippen LogP contribution in [0.25, 0.3) is 11.8 Å². The van der Waals surface area contributed by atoms with E-state index in [1.165, 1.54) is 53.1 Å². The number of fused-ring (bicyclic) bond motifs is 2. The molecule has 9 nitrogen and oxygen atoms in total. The number of halogens is 7. The van der Waals surface area contributed by atoms with Crippen LogP contribution in [-0.2, 0) is 29.4 Å². The zero-order valence-corrected chi connectivity index (χ0v) is 25.4. The molecule has 1 aromatic carbocycles. The molecule has 0 spiro atoms. The quantitative estimate of drug-likeness (QED) is 0.146. The highest BCUT2D eigenvalue weighted by molar-refractivity contribution is 7.98. The molecule has 1 saturated carbocycles. The molecule has 0 bridgehead atoms. The number of aryl methyl sites for hydroxylation is 1. The Labute approximate surface area is 263 Å². The van der Waals surface area contributed by atoms with Gasteiger partial charge < -0.3 is 0 Å². The van der Waals surface area contributed by atoms with Gasteiger partial charge in [-0.15, -0.1) is 5.10 Å². The molecule has 1 unspecified atom stereocenters. The average molecular weight is 682 g/mol. The molecule has 17 heteroatoms. The second-order valence-corrected chi connectivity index (χ2v) is 13.8. The first-order valence-corrected chi connectivity index (χ1v) is 15.9. The van der Waals surface area contributed by atoms with Gasteiger partial charge in [0.15, 0.2) is 10.8 Å². The van der Waals surface area contributed by atoms with Gasteiger partial charge in [-0.3, -0.25) is 14.5 Å². The van der Waals surface area contributed by atoms with Gasteiger partial charge in [0.05, 0.1) is 44.5 Å². The second kappa shape index (κ2) is 11.4. The first-order chi connectivity index (χ1) is 22.0. The Balaban J connectivity index is 1.48. The third-order valence-corrected chi connectivity index (χ3v) is 10.5. The number of hydrogen-bond donors (Lipinski definition) is 0. The van der Waals surface area contributed by atoms with Gasteiger partial charge in [0.25, 0.3) is 0 Å². The van der Waals surface area contributed by atoms with Crippen molar-refractivity contribution in [1.82, 2.24) is 34.1 Å². The van der Waals surface area contributed by atoms with Gasteiger partial charge in [-0.25, -0.2) is 17.6 Å². The first-order valence-electron chi connectivity index (χ1n) is 14.2. The molecule has 2 aliphatic carbocycles. The number of ketones is 1. The molecule has 4 aromatic rings. The number of alkyl halides is 6. The predicted molar refractivity (Wildman–Crippen MR) is 156 cm³/mol. The zero-order valence-electron chi connectivity index (χ0n) is 24.6. The van der Waals surface area contributed by atoms with E-state index < -0.39 is 62.9 Å². The summed E-state index contributed by atoms with van der Waals surface area (Å²) < 4.78 is 114. The molecule has 0 aliphatic heterocycles. The highest BCUT2D eigenvalue weighted by Crippen LogP contribution is 2.52. The van der Waals surface area contributed by atoms with E-state index >= 15 is 0 Å². The first kappa shape index (κ1) is 32.6. The third kappa shape index (κ3) is 6.08. The minimum atomic E-state index is -4.84. The molecule has 0 amide bonds. The lowest BCUT2D eigenvalue weighted by molar-refractivity contribution is -0.140. The molecule has 0 radical (unpaired) electrons. The average Bonchev–Trinajstić information content (AvgIpc) is 3.64. The van der Waals surface area contributed by atoms with Crippen molar-refractivity contribution in [3.05, 3.63) is 88.9 Å². The van der Waals surface area contributed by atoms with Crippen molar-refractivity contribution >= 4 is 27.4 Å². The highest BCUT2D eigenvalue weighted by Gasteiger charge is 2.52. The number of nitrogens with zero attached hydrogens (tertiary/aromatic N) is 7. The summed E-state index contributed by atoms with van der Waals surface area (Å²) in [6.45, 7) is -1.66. The van der Waals surface area contributed by atoms with Crippen molar-refractivity contribution in [2.75, 3.05) is 6.54 Å².